The van der Waals surface area contributed by atoms with Crippen molar-refractivity contribution >= 4 is 11.8 Å². The van der Waals surface area contributed by atoms with Gasteiger partial charge >= 0.3 is 0 Å². The monoisotopic (exact) mass is 296 g/mol. The van der Waals surface area contributed by atoms with Gasteiger partial charge in [-0.1, -0.05) is 12.8 Å². The Hall–Kier alpha value is 0.270. The van der Waals surface area contributed by atoms with Crippen LogP contribution in [0.25, 0.3) is 0 Å². The van der Waals surface area contributed by atoms with Gasteiger partial charge in [-0.05, 0) is 57.8 Å². The first-order valence-electron chi connectivity index (χ1n) is 8.59. The molecule has 2 nitrogen and oxygen atoms in total. The Balaban J connectivity index is 1.69. The van der Waals surface area contributed by atoms with Gasteiger partial charge in [0.2, 0.25) is 0 Å². The van der Waals surface area contributed by atoms with Crippen molar-refractivity contribution in [2.45, 2.75) is 75.5 Å². The highest BCUT2D eigenvalue weighted by Crippen LogP contribution is 2.52. The van der Waals surface area contributed by atoms with Crippen molar-refractivity contribution in [2.75, 3.05) is 25.4 Å². The van der Waals surface area contributed by atoms with Crippen LogP contribution >= 0.6 is 11.8 Å². The molecule has 0 aromatic rings. The number of rotatable bonds is 2. The van der Waals surface area contributed by atoms with Crippen LogP contribution in [0.1, 0.15) is 65.2 Å². The van der Waals surface area contributed by atoms with Crippen LogP contribution in [0.3, 0.4) is 0 Å². The van der Waals surface area contributed by atoms with Gasteiger partial charge in [-0.25, -0.2) is 0 Å². The molecule has 3 rings (SSSR count). The molecule has 0 atom stereocenters. The number of thioether (sulfide) groups is 1. The lowest BCUT2D eigenvalue weighted by atomic mass is 9.65. The van der Waals surface area contributed by atoms with Crippen molar-refractivity contribution in [1.29, 1.82) is 0 Å². The maximum absolute atomic E-state index is 6.30. The summed E-state index contributed by atoms with van der Waals surface area (Å²) in [6, 6.07) is 0. The largest absolute Gasteiger partial charge is 0.329 e. The summed E-state index contributed by atoms with van der Waals surface area (Å²) >= 11 is 2.13. The molecule has 2 aliphatic carbocycles. The highest BCUT2D eigenvalue weighted by molar-refractivity contribution is 8.00. The summed E-state index contributed by atoms with van der Waals surface area (Å²) in [5.41, 5.74) is 7.34. The topological polar surface area (TPSA) is 29.3 Å². The summed E-state index contributed by atoms with van der Waals surface area (Å²) in [5, 5.41) is 0. The quantitative estimate of drug-likeness (QED) is 0.843. The van der Waals surface area contributed by atoms with Gasteiger partial charge in [-0.3, -0.25) is 4.90 Å². The highest BCUT2D eigenvalue weighted by atomic mass is 32.2. The van der Waals surface area contributed by atoms with E-state index in [0.717, 1.165) is 12.0 Å². The SMILES string of the molecule is CC1(C)CN(C2(CN)CCC3(CCCC3)CC2)CCS1. The van der Waals surface area contributed by atoms with Gasteiger partial charge in [0.05, 0.1) is 0 Å². The van der Waals surface area contributed by atoms with Crippen LogP contribution in [0.2, 0.25) is 0 Å². The minimum atomic E-state index is 0.325. The summed E-state index contributed by atoms with van der Waals surface area (Å²) in [6.07, 6.45) is 11.5. The number of nitrogens with two attached hydrogens (primary N) is 1. The minimum absolute atomic E-state index is 0.325. The van der Waals surface area contributed by atoms with Crippen LogP contribution in [-0.4, -0.2) is 40.6 Å². The molecule has 20 heavy (non-hydrogen) atoms. The van der Waals surface area contributed by atoms with E-state index in [1.807, 2.05) is 0 Å². The molecular formula is C17H32N2S. The van der Waals surface area contributed by atoms with Crippen LogP contribution in [0.15, 0.2) is 0 Å². The molecule has 1 saturated heterocycles. The molecule has 2 N–H and O–H groups in total. The van der Waals surface area contributed by atoms with Crippen LogP contribution in [0.4, 0.5) is 0 Å². The Labute approximate surface area is 129 Å². The highest BCUT2D eigenvalue weighted by Gasteiger charge is 2.47. The lowest BCUT2D eigenvalue weighted by Gasteiger charge is -2.54. The number of hydrogen-bond donors (Lipinski definition) is 1. The molecule has 0 aromatic heterocycles. The molecule has 3 heteroatoms. The van der Waals surface area contributed by atoms with Crippen LogP contribution in [-0.2, 0) is 0 Å². The molecule has 3 fully saturated rings. The average Bonchev–Trinajstić information content (AvgIpc) is 2.88. The van der Waals surface area contributed by atoms with E-state index in [4.69, 9.17) is 5.73 Å². The molecule has 1 heterocycles. The van der Waals surface area contributed by atoms with Gasteiger partial charge in [0.15, 0.2) is 0 Å². The third-order valence-electron chi connectivity index (χ3n) is 6.38. The predicted octanol–water partition coefficient (Wildman–Crippen LogP) is 3.65. The minimum Gasteiger partial charge on any atom is -0.329 e. The van der Waals surface area contributed by atoms with Crippen LogP contribution in [0.5, 0.6) is 0 Å². The fourth-order valence-corrected chi connectivity index (χ4v) is 6.05. The summed E-state index contributed by atoms with van der Waals surface area (Å²) in [4.78, 5) is 2.77. The van der Waals surface area contributed by atoms with E-state index in [1.54, 1.807) is 0 Å². The van der Waals surface area contributed by atoms with Crippen LogP contribution in [0, 0.1) is 5.41 Å². The lowest BCUT2D eigenvalue weighted by Crippen LogP contribution is -2.61. The average molecular weight is 297 g/mol. The third kappa shape index (κ3) is 2.78. The second kappa shape index (κ2) is 5.48. The second-order valence-electron chi connectivity index (χ2n) is 8.17. The molecule has 0 bridgehead atoms. The maximum Gasteiger partial charge on any atom is 0.0333 e. The zero-order valence-electron chi connectivity index (χ0n) is 13.4. The first-order valence-corrected chi connectivity index (χ1v) is 9.57. The van der Waals surface area contributed by atoms with Gasteiger partial charge in [0.1, 0.15) is 0 Å². The van der Waals surface area contributed by atoms with Crippen molar-refractivity contribution in [3.05, 3.63) is 0 Å². The van der Waals surface area contributed by atoms with Crippen molar-refractivity contribution < 1.29 is 0 Å². The molecule has 1 spiro atoms. The van der Waals surface area contributed by atoms with Crippen molar-refractivity contribution in [2.24, 2.45) is 11.1 Å². The molecule has 0 radical (unpaired) electrons. The van der Waals surface area contributed by atoms with E-state index in [2.05, 4.69) is 30.5 Å². The van der Waals surface area contributed by atoms with Gasteiger partial charge in [-0.2, -0.15) is 11.8 Å². The first-order chi connectivity index (χ1) is 9.49. The van der Waals surface area contributed by atoms with E-state index in [1.165, 1.54) is 70.2 Å². The van der Waals surface area contributed by atoms with Crippen molar-refractivity contribution in [3.63, 3.8) is 0 Å². The molecule has 0 aromatic carbocycles. The van der Waals surface area contributed by atoms with E-state index < -0.39 is 0 Å². The van der Waals surface area contributed by atoms with E-state index in [9.17, 15) is 0 Å². The standard InChI is InChI=1S/C17H32N2S/c1-15(2)14-19(11-12-20-15)17(13-18)9-7-16(8-10-17)5-3-4-6-16/h3-14,18H2,1-2H3. The van der Waals surface area contributed by atoms with E-state index in [0.29, 0.717) is 10.3 Å². The Bertz CT molecular complexity index is 337. The van der Waals surface area contributed by atoms with Crippen molar-refractivity contribution in [1.82, 2.24) is 4.90 Å². The second-order valence-corrected chi connectivity index (χ2v) is 9.97. The van der Waals surface area contributed by atoms with E-state index >= 15 is 0 Å². The molecule has 116 valence electrons. The van der Waals surface area contributed by atoms with Gasteiger partial charge < -0.3 is 5.73 Å². The van der Waals surface area contributed by atoms with Gasteiger partial charge in [0, 0.05) is 35.7 Å². The smallest absolute Gasteiger partial charge is 0.0333 e. The van der Waals surface area contributed by atoms with Crippen LogP contribution < -0.4 is 5.73 Å². The predicted molar refractivity (Wildman–Crippen MR) is 89.3 cm³/mol. The van der Waals surface area contributed by atoms with Gasteiger partial charge in [-0.15, -0.1) is 0 Å². The summed E-state index contributed by atoms with van der Waals surface area (Å²) in [5.74, 6) is 1.28. The van der Waals surface area contributed by atoms with E-state index in [-0.39, 0.29) is 0 Å². The number of nitrogens with zero attached hydrogens (tertiary/aromatic N) is 1. The van der Waals surface area contributed by atoms with Gasteiger partial charge in [0.25, 0.3) is 0 Å². The molecule has 3 aliphatic rings. The summed E-state index contributed by atoms with van der Waals surface area (Å²) in [6.45, 7) is 8.13. The zero-order chi connectivity index (χ0) is 14.3. The molecule has 1 aliphatic heterocycles. The molecule has 0 unspecified atom stereocenters. The fraction of sp³-hybridized carbons (Fsp3) is 1.00. The Morgan fingerprint density at radius 1 is 1.00 bits per heavy atom. The molecule has 0 amide bonds. The summed E-state index contributed by atoms with van der Waals surface area (Å²) in [7, 11) is 0. The Morgan fingerprint density at radius 3 is 2.20 bits per heavy atom. The fourth-order valence-electron chi connectivity index (χ4n) is 4.94. The normalized spacial score (nSPS) is 32.5. The lowest BCUT2D eigenvalue weighted by molar-refractivity contribution is 0.0111. The van der Waals surface area contributed by atoms with Crippen molar-refractivity contribution in [3.8, 4) is 0 Å². The Morgan fingerprint density at radius 2 is 1.65 bits per heavy atom. The Kier molecular flexibility index (Phi) is 4.16. The first kappa shape index (κ1) is 15.2. The maximum atomic E-state index is 6.30. The molecular weight excluding hydrogens is 264 g/mol. The third-order valence-corrected chi connectivity index (χ3v) is 7.68. The zero-order valence-corrected chi connectivity index (χ0v) is 14.2. The number of hydrogen-bond acceptors (Lipinski definition) is 3. The summed E-state index contributed by atoms with van der Waals surface area (Å²) < 4.78 is 0.406. The molecule has 2 saturated carbocycles.